The fourth-order valence-corrected chi connectivity index (χ4v) is 0.749. The maximum absolute atomic E-state index is 12.7. The third-order valence-corrected chi connectivity index (χ3v) is 1.91. The SMILES string of the molecule is CC[C@@H](C)OC(=O)OCC(F)(F)[C@H](F)C(F)(F)F. The third kappa shape index (κ3) is 5.46. The first-order valence-electron chi connectivity index (χ1n) is 4.92. The van der Waals surface area contributed by atoms with E-state index in [0.717, 1.165) is 0 Å². The normalized spacial score (nSPS) is 16.0. The highest BCUT2D eigenvalue weighted by Gasteiger charge is 2.57. The van der Waals surface area contributed by atoms with Gasteiger partial charge in [0, 0.05) is 0 Å². The van der Waals surface area contributed by atoms with Gasteiger partial charge in [0.1, 0.15) is 6.10 Å². The van der Waals surface area contributed by atoms with Crippen molar-refractivity contribution in [2.75, 3.05) is 6.61 Å². The largest absolute Gasteiger partial charge is 0.508 e. The van der Waals surface area contributed by atoms with Gasteiger partial charge in [0.25, 0.3) is 6.17 Å². The minimum atomic E-state index is -5.73. The first kappa shape index (κ1) is 16.9. The van der Waals surface area contributed by atoms with Crippen molar-refractivity contribution < 1.29 is 40.6 Å². The van der Waals surface area contributed by atoms with Gasteiger partial charge in [-0.3, -0.25) is 0 Å². The Labute approximate surface area is 99.0 Å². The lowest BCUT2D eigenvalue weighted by Gasteiger charge is -2.22. The second kappa shape index (κ2) is 6.14. The molecule has 0 spiro atoms. The zero-order valence-electron chi connectivity index (χ0n) is 9.56. The van der Waals surface area contributed by atoms with E-state index in [1.165, 1.54) is 6.92 Å². The summed E-state index contributed by atoms with van der Waals surface area (Å²) in [6.07, 6.45) is -12.0. The Kier molecular flexibility index (Phi) is 5.75. The number of hydrogen-bond donors (Lipinski definition) is 0. The number of carbonyl (C=O) groups is 1. The van der Waals surface area contributed by atoms with Gasteiger partial charge in [-0.05, 0) is 13.3 Å². The minimum Gasteiger partial charge on any atom is -0.431 e. The highest BCUT2D eigenvalue weighted by molar-refractivity contribution is 5.60. The molecule has 0 N–H and O–H groups in total. The van der Waals surface area contributed by atoms with Crippen LogP contribution in [0.5, 0.6) is 0 Å². The molecule has 3 nitrogen and oxygen atoms in total. The van der Waals surface area contributed by atoms with Gasteiger partial charge in [0.05, 0.1) is 0 Å². The lowest BCUT2D eigenvalue weighted by atomic mass is 10.2. The highest BCUT2D eigenvalue weighted by Crippen LogP contribution is 2.35. The molecule has 0 aromatic carbocycles. The first-order valence-corrected chi connectivity index (χ1v) is 4.92. The Morgan fingerprint density at radius 3 is 2.11 bits per heavy atom. The standard InChI is InChI=1S/C9H12F6O3/c1-3-5(2)18-7(16)17-4-8(11,12)6(10)9(13,14)15/h5-6H,3-4H2,1-2H3/t5-,6+/m1/s1. The van der Waals surface area contributed by atoms with Crippen LogP contribution in [-0.2, 0) is 9.47 Å². The Morgan fingerprint density at radius 1 is 1.22 bits per heavy atom. The third-order valence-electron chi connectivity index (χ3n) is 1.91. The summed E-state index contributed by atoms with van der Waals surface area (Å²) in [6.45, 7) is 1.00. The molecule has 0 bridgehead atoms. The highest BCUT2D eigenvalue weighted by atomic mass is 19.4. The molecular formula is C9H12F6O3. The van der Waals surface area contributed by atoms with E-state index in [2.05, 4.69) is 9.47 Å². The summed E-state index contributed by atoms with van der Waals surface area (Å²) in [5, 5.41) is 0. The van der Waals surface area contributed by atoms with Crippen molar-refractivity contribution in [3.63, 3.8) is 0 Å². The number of halogens is 6. The summed E-state index contributed by atoms with van der Waals surface area (Å²) < 4.78 is 80.9. The second-order valence-electron chi connectivity index (χ2n) is 3.54. The average molecular weight is 282 g/mol. The predicted molar refractivity (Wildman–Crippen MR) is 48.1 cm³/mol. The Balaban J connectivity index is 4.31. The van der Waals surface area contributed by atoms with Crippen molar-refractivity contribution in [1.82, 2.24) is 0 Å². The van der Waals surface area contributed by atoms with Crippen LogP contribution in [0.15, 0.2) is 0 Å². The molecule has 0 amide bonds. The fourth-order valence-electron chi connectivity index (χ4n) is 0.749. The van der Waals surface area contributed by atoms with Gasteiger partial charge in [-0.25, -0.2) is 9.18 Å². The van der Waals surface area contributed by atoms with Crippen LogP contribution < -0.4 is 0 Å². The number of rotatable bonds is 5. The molecule has 108 valence electrons. The molecule has 2 atom stereocenters. The van der Waals surface area contributed by atoms with Crippen LogP contribution in [0.1, 0.15) is 20.3 Å². The maximum atomic E-state index is 12.7. The molecule has 0 saturated heterocycles. The van der Waals surface area contributed by atoms with E-state index in [-0.39, 0.29) is 0 Å². The Hall–Kier alpha value is -1.15. The second-order valence-corrected chi connectivity index (χ2v) is 3.54. The van der Waals surface area contributed by atoms with Gasteiger partial charge in [-0.2, -0.15) is 22.0 Å². The number of carbonyl (C=O) groups excluding carboxylic acids is 1. The van der Waals surface area contributed by atoms with E-state index in [1.807, 2.05) is 0 Å². The van der Waals surface area contributed by atoms with E-state index in [1.54, 1.807) is 6.92 Å². The van der Waals surface area contributed by atoms with Crippen LogP contribution in [0.2, 0.25) is 0 Å². The van der Waals surface area contributed by atoms with Crippen LogP contribution >= 0.6 is 0 Å². The number of alkyl halides is 6. The summed E-state index contributed by atoms with van der Waals surface area (Å²) >= 11 is 0. The summed E-state index contributed by atoms with van der Waals surface area (Å²) in [6, 6.07) is 0. The Bertz CT molecular complexity index is 278. The number of hydrogen-bond acceptors (Lipinski definition) is 3. The van der Waals surface area contributed by atoms with Crippen LogP contribution in [0.3, 0.4) is 0 Å². The van der Waals surface area contributed by atoms with E-state index in [4.69, 9.17) is 0 Å². The van der Waals surface area contributed by atoms with Crippen molar-refractivity contribution in [2.45, 2.75) is 44.6 Å². The van der Waals surface area contributed by atoms with Crippen LogP contribution in [-0.4, -0.2) is 37.1 Å². The van der Waals surface area contributed by atoms with Crippen molar-refractivity contribution in [2.24, 2.45) is 0 Å². The minimum absolute atomic E-state index is 0.361. The van der Waals surface area contributed by atoms with Gasteiger partial charge in [0.2, 0.25) is 0 Å². The molecule has 9 heteroatoms. The predicted octanol–water partition coefficient (Wildman–Crippen LogP) is 3.47. The zero-order chi connectivity index (χ0) is 14.6. The molecule has 0 aliphatic heterocycles. The molecule has 18 heavy (non-hydrogen) atoms. The summed E-state index contributed by atoms with van der Waals surface area (Å²) in [7, 11) is 0. The molecular weight excluding hydrogens is 270 g/mol. The first-order chi connectivity index (χ1) is 8.00. The molecule has 0 radical (unpaired) electrons. The van der Waals surface area contributed by atoms with Crippen molar-refractivity contribution in [3.8, 4) is 0 Å². The van der Waals surface area contributed by atoms with E-state index >= 15 is 0 Å². The van der Waals surface area contributed by atoms with Gasteiger partial charge in [-0.1, -0.05) is 6.92 Å². The smallest absolute Gasteiger partial charge is 0.431 e. The molecule has 0 rings (SSSR count). The molecule has 0 aliphatic rings. The van der Waals surface area contributed by atoms with Gasteiger partial charge < -0.3 is 9.47 Å². The van der Waals surface area contributed by atoms with Gasteiger partial charge in [0.15, 0.2) is 6.61 Å². The van der Waals surface area contributed by atoms with Crippen molar-refractivity contribution in [3.05, 3.63) is 0 Å². The van der Waals surface area contributed by atoms with Crippen LogP contribution in [0, 0.1) is 0 Å². The van der Waals surface area contributed by atoms with Gasteiger partial charge >= 0.3 is 18.3 Å². The number of ether oxygens (including phenoxy) is 2. The van der Waals surface area contributed by atoms with E-state index in [9.17, 15) is 31.1 Å². The van der Waals surface area contributed by atoms with E-state index < -0.39 is 37.1 Å². The molecule has 0 saturated carbocycles. The lowest BCUT2D eigenvalue weighted by Crippen LogP contribution is -2.45. The molecule has 0 heterocycles. The monoisotopic (exact) mass is 282 g/mol. The van der Waals surface area contributed by atoms with Crippen LogP contribution in [0.4, 0.5) is 31.1 Å². The fraction of sp³-hybridized carbons (Fsp3) is 0.889. The van der Waals surface area contributed by atoms with Crippen molar-refractivity contribution >= 4 is 6.16 Å². The summed E-state index contributed by atoms with van der Waals surface area (Å²) in [4.78, 5) is 10.7. The summed E-state index contributed by atoms with van der Waals surface area (Å²) in [5.74, 6) is -4.85. The molecule has 0 aromatic heterocycles. The topological polar surface area (TPSA) is 35.5 Å². The maximum Gasteiger partial charge on any atom is 0.508 e. The van der Waals surface area contributed by atoms with Crippen LogP contribution in [0.25, 0.3) is 0 Å². The average Bonchev–Trinajstić information content (AvgIpc) is 2.24. The molecule has 0 aromatic rings. The Morgan fingerprint density at radius 2 is 1.72 bits per heavy atom. The lowest BCUT2D eigenvalue weighted by molar-refractivity contribution is -0.252. The van der Waals surface area contributed by atoms with Gasteiger partial charge in [-0.15, -0.1) is 0 Å². The molecule has 0 fully saturated rings. The quantitative estimate of drug-likeness (QED) is 0.572. The molecule has 0 unspecified atom stereocenters. The molecule has 0 aliphatic carbocycles. The van der Waals surface area contributed by atoms with E-state index in [0.29, 0.717) is 6.42 Å². The zero-order valence-corrected chi connectivity index (χ0v) is 9.56. The summed E-state index contributed by atoms with van der Waals surface area (Å²) in [5.41, 5.74) is 0. The van der Waals surface area contributed by atoms with Crippen molar-refractivity contribution in [1.29, 1.82) is 0 Å².